The molecule has 1 aromatic rings. The van der Waals surface area contributed by atoms with E-state index in [1.54, 1.807) is 0 Å². The molecule has 17 heavy (non-hydrogen) atoms. The lowest BCUT2D eigenvalue weighted by molar-refractivity contribution is 0.259. The molecule has 1 aliphatic rings. The summed E-state index contributed by atoms with van der Waals surface area (Å²) < 4.78 is 0. The SMILES string of the molecule is CNC(CCc1ccc(C)cc1)CC1CCC1. The molecule has 1 saturated carbocycles. The van der Waals surface area contributed by atoms with Crippen molar-refractivity contribution < 1.29 is 0 Å². The Morgan fingerprint density at radius 2 is 1.94 bits per heavy atom. The second kappa shape index (κ2) is 6.20. The summed E-state index contributed by atoms with van der Waals surface area (Å²) in [5.74, 6) is 1.01. The van der Waals surface area contributed by atoms with Crippen molar-refractivity contribution in [3.05, 3.63) is 35.4 Å². The van der Waals surface area contributed by atoms with Crippen LogP contribution >= 0.6 is 0 Å². The summed E-state index contributed by atoms with van der Waals surface area (Å²) in [4.78, 5) is 0. The van der Waals surface area contributed by atoms with Gasteiger partial charge in [-0.15, -0.1) is 0 Å². The minimum atomic E-state index is 0.710. The van der Waals surface area contributed by atoms with Crippen LogP contribution in [0.25, 0.3) is 0 Å². The molecule has 0 spiro atoms. The predicted octanol–water partition coefficient (Wildman–Crippen LogP) is 3.71. The van der Waals surface area contributed by atoms with Crippen molar-refractivity contribution in [1.82, 2.24) is 5.32 Å². The Morgan fingerprint density at radius 1 is 1.24 bits per heavy atom. The standard InChI is InChI=1S/C16H25N/c1-13-6-8-14(9-7-13)10-11-16(17-2)12-15-4-3-5-15/h6-9,15-17H,3-5,10-12H2,1-2H3. The highest BCUT2D eigenvalue weighted by Gasteiger charge is 2.20. The molecule has 1 N–H and O–H groups in total. The zero-order chi connectivity index (χ0) is 12.1. The third-order valence-electron chi connectivity index (χ3n) is 4.15. The second-order valence-corrected chi connectivity index (χ2v) is 5.54. The molecule has 0 heterocycles. The van der Waals surface area contributed by atoms with Crippen molar-refractivity contribution in [2.24, 2.45) is 5.92 Å². The van der Waals surface area contributed by atoms with Gasteiger partial charge in [-0.3, -0.25) is 0 Å². The van der Waals surface area contributed by atoms with Crippen molar-refractivity contribution in [2.75, 3.05) is 7.05 Å². The molecule has 1 fully saturated rings. The molecule has 1 atom stereocenters. The molecule has 94 valence electrons. The smallest absolute Gasteiger partial charge is 0.00698 e. The Kier molecular flexibility index (Phi) is 4.61. The molecule has 1 nitrogen and oxygen atoms in total. The van der Waals surface area contributed by atoms with Crippen molar-refractivity contribution in [3.63, 3.8) is 0 Å². The average Bonchev–Trinajstić information content (AvgIpc) is 2.29. The lowest BCUT2D eigenvalue weighted by Gasteiger charge is -2.29. The van der Waals surface area contributed by atoms with Gasteiger partial charge in [0.2, 0.25) is 0 Å². The van der Waals surface area contributed by atoms with E-state index in [4.69, 9.17) is 0 Å². The molecule has 1 aliphatic carbocycles. The summed E-state index contributed by atoms with van der Waals surface area (Å²) in [5, 5.41) is 3.48. The van der Waals surface area contributed by atoms with Gasteiger partial charge in [-0.1, -0.05) is 49.1 Å². The largest absolute Gasteiger partial charge is 0.317 e. The van der Waals surface area contributed by atoms with Crippen LogP contribution in [0.1, 0.15) is 43.2 Å². The maximum atomic E-state index is 3.48. The highest BCUT2D eigenvalue weighted by atomic mass is 14.9. The van der Waals surface area contributed by atoms with Gasteiger partial charge in [0.1, 0.15) is 0 Å². The Bertz CT molecular complexity index is 324. The number of benzene rings is 1. The monoisotopic (exact) mass is 231 g/mol. The third-order valence-corrected chi connectivity index (χ3v) is 4.15. The molecule has 2 rings (SSSR count). The fraction of sp³-hybridized carbons (Fsp3) is 0.625. The first-order valence-corrected chi connectivity index (χ1v) is 7.00. The summed E-state index contributed by atoms with van der Waals surface area (Å²) in [6, 6.07) is 9.68. The molecule has 0 amide bonds. The van der Waals surface area contributed by atoms with Gasteiger partial charge in [0, 0.05) is 6.04 Å². The third kappa shape index (κ3) is 3.85. The van der Waals surface area contributed by atoms with Crippen LogP contribution in [-0.2, 0) is 6.42 Å². The Hall–Kier alpha value is -0.820. The first-order chi connectivity index (χ1) is 8.28. The van der Waals surface area contributed by atoms with Crippen LogP contribution < -0.4 is 5.32 Å². The Morgan fingerprint density at radius 3 is 2.47 bits per heavy atom. The first-order valence-electron chi connectivity index (χ1n) is 7.00. The van der Waals surface area contributed by atoms with Crippen LogP contribution in [0.4, 0.5) is 0 Å². The number of hydrogen-bond acceptors (Lipinski definition) is 1. The number of rotatable bonds is 6. The predicted molar refractivity (Wildman–Crippen MR) is 74.3 cm³/mol. The van der Waals surface area contributed by atoms with Gasteiger partial charge < -0.3 is 5.32 Å². The highest BCUT2D eigenvalue weighted by molar-refractivity contribution is 5.21. The molecule has 0 aliphatic heterocycles. The zero-order valence-corrected chi connectivity index (χ0v) is 11.2. The lowest BCUT2D eigenvalue weighted by Crippen LogP contribution is -2.30. The molecule has 1 unspecified atom stereocenters. The topological polar surface area (TPSA) is 12.0 Å². The van der Waals surface area contributed by atoms with Gasteiger partial charge in [-0.05, 0) is 44.7 Å². The summed E-state index contributed by atoms with van der Waals surface area (Å²) in [6.45, 7) is 2.15. The van der Waals surface area contributed by atoms with Gasteiger partial charge in [0.15, 0.2) is 0 Å². The van der Waals surface area contributed by atoms with Crippen molar-refractivity contribution in [2.45, 2.75) is 51.5 Å². The Balaban J connectivity index is 1.76. The van der Waals surface area contributed by atoms with E-state index in [1.165, 1.54) is 49.7 Å². The van der Waals surface area contributed by atoms with E-state index in [0.717, 1.165) is 5.92 Å². The number of nitrogens with one attached hydrogen (secondary N) is 1. The van der Waals surface area contributed by atoms with E-state index in [0.29, 0.717) is 6.04 Å². The minimum absolute atomic E-state index is 0.710. The molecule has 1 heteroatoms. The van der Waals surface area contributed by atoms with Gasteiger partial charge in [-0.25, -0.2) is 0 Å². The van der Waals surface area contributed by atoms with Crippen molar-refractivity contribution >= 4 is 0 Å². The molecule has 0 aromatic heterocycles. The molecular weight excluding hydrogens is 206 g/mol. The zero-order valence-electron chi connectivity index (χ0n) is 11.2. The van der Waals surface area contributed by atoms with Gasteiger partial charge in [0.25, 0.3) is 0 Å². The molecule has 0 radical (unpaired) electrons. The van der Waals surface area contributed by atoms with Crippen LogP contribution in [0, 0.1) is 12.8 Å². The summed E-state index contributed by atoms with van der Waals surface area (Å²) in [7, 11) is 2.11. The van der Waals surface area contributed by atoms with E-state index < -0.39 is 0 Å². The van der Waals surface area contributed by atoms with E-state index in [-0.39, 0.29) is 0 Å². The van der Waals surface area contributed by atoms with Crippen LogP contribution in [-0.4, -0.2) is 13.1 Å². The highest BCUT2D eigenvalue weighted by Crippen LogP contribution is 2.31. The summed E-state index contributed by atoms with van der Waals surface area (Å²) in [5.41, 5.74) is 2.83. The van der Waals surface area contributed by atoms with Crippen LogP contribution in [0.5, 0.6) is 0 Å². The Labute approximate surface area is 106 Å². The van der Waals surface area contributed by atoms with Gasteiger partial charge in [0.05, 0.1) is 0 Å². The van der Waals surface area contributed by atoms with Crippen LogP contribution in [0.2, 0.25) is 0 Å². The van der Waals surface area contributed by atoms with Crippen LogP contribution in [0.15, 0.2) is 24.3 Å². The van der Waals surface area contributed by atoms with Gasteiger partial charge in [-0.2, -0.15) is 0 Å². The second-order valence-electron chi connectivity index (χ2n) is 5.54. The minimum Gasteiger partial charge on any atom is -0.317 e. The fourth-order valence-corrected chi connectivity index (χ4v) is 2.61. The number of hydrogen-bond donors (Lipinski definition) is 1. The molecular formula is C16H25N. The first kappa shape index (κ1) is 12.6. The van der Waals surface area contributed by atoms with E-state index in [9.17, 15) is 0 Å². The van der Waals surface area contributed by atoms with E-state index in [1.807, 2.05) is 0 Å². The quantitative estimate of drug-likeness (QED) is 0.787. The maximum Gasteiger partial charge on any atom is 0.00698 e. The van der Waals surface area contributed by atoms with Crippen LogP contribution in [0.3, 0.4) is 0 Å². The van der Waals surface area contributed by atoms with Gasteiger partial charge >= 0.3 is 0 Å². The lowest BCUT2D eigenvalue weighted by atomic mass is 9.80. The van der Waals surface area contributed by atoms with E-state index in [2.05, 4.69) is 43.6 Å². The normalized spacial score (nSPS) is 17.8. The summed E-state index contributed by atoms with van der Waals surface area (Å²) >= 11 is 0. The molecule has 0 bridgehead atoms. The van der Waals surface area contributed by atoms with Crippen molar-refractivity contribution in [3.8, 4) is 0 Å². The maximum absolute atomic E-state index is 3.48. The molecule has 0 saturated heterocycles. The average molecular weight is 231 g/mol. The van der Waals surface area contributed by atoms with Crippen molar-refractivity contribution in [1.29, 1.82) is 0 Å². The van der Waals surface area contributed by atoms with E-state index >= 15 is 0 Å². The fourth-order valence-electron chi connectivity index (χ4n) is 2.61. The summed E-state index contributed by atoms with van der Waals surface area (Å²) in [6.07, 6.45) is 8.24. The molecule has 1 aromatic carbocycles. The number of aryl methyl sites for hydroxylation is 2.